The molecule has 0 radical (unpaired) electrons. The van der Waals surface area contributed by atoms with Crippen LogP contribution >= 0.6 is 11.6 Å². The molecular formula is C18H17ClN4O4S2. The summed E-state index contributed by atoms with van der Waals surface area (Å²) in [6.45, 7) is 0.167. The van der Waals surface area contributed by atoms with Gasteiger partial charge in [-0.25, -0.2) is 16.8 Å². The molecule has 0 fully saturated rings. The molecule has 2 N–H and O–H groups in total. The molecule has 2 aromatic rings. The summed E-state index contributed by atoms with van der Waals surface area (Å²) in [6.07, 6.45) is 0. The quantitative estimate of drug-likeness (QED) is 0.729. The number of rotatable bonds is 3. The van der Waals surface area contributed by atoms with E-state index in [2.05, 4.69) is 21.1 Å². The Labute approximate surface area is 173 Å². The Morgan fingerprint density at radius 1 is 0.828 bits per heavy atom. The van der Waals surface area contributed by atoms with Crippen LogP contribution in [0.5, 0.6) is 0 Å². The van der Waals surface area contributed by atoms with Crippen LogP contribution < -0.4 is 10.9 Å². The zero-order chi connectivity index (χ0) is 20.6. The summed E-state index contributed by atoms with van der Waals surface area (Å²) >= 11 is 5.83. The van der Waals surface area contributed by atoms with Crippen LogP contribution in [0.4, 0.5) is 0 Å². The molecule has 4 rings (SSSR count). The lowest BCUT2D eigenvalue weighted by Crippen LogP contribution is -2.41. The molecule has 0 spiro atoms. The van der Waals surface area contributed by atoms with E-state index >= 15 is 0 Å². The Kier molecular flexibility index (Phi) is 5.09. The molecule has 0 amide bonds. The van der Waals surface area contributed by atoms with Gasteiger partial charge in [-0.3, -0.25) is 0 Å². The summed E-state index contributed by atoms with van der Waals surface area (Å²) in [6, 6.07) is 14.6. The first-order valence-corrected chi connectivity index (χ1v) is 12.1. The van der Waals surface area contributed by atoms with Crippen molar-refractivity contribution in [2.24, 2.45) is 10.2 Å². The van der Waals surface area contributed by atoms with Gasteiger partial charge < -0.3 is 10.9 Å². The van der Waals surface area contributed by atoms with Gasteiger partial charge >= 0.3 is 0 Å². The van der Waals surface area contributed by atoms with Crippen molar-refractivity contribution in [1.29, 1.82) is 0 Å². The van der Waals surface area contributed by atoms with Gasteiger partial charge in [0.2, 0.25) is 19.7 Å². The van der Waals surface area contributed by atoms with Gasteiger partial charge in [-0.1, -0.05) is 41.9 Å². The van der Waals surface area contributed by atoms with Gasteiger partial charge in [0.05, 0.1) is 17.4 Å². The monoisotopic (exact) mass is 452 g/mol. The molecule has 8 nitrogen and oxygen atoms in total. The maximum atomic E-state index is 13.4. The van der Waals surface area contributed by atoms with E-state index in [1.165, 1.54) is 24.3 Å². The Hall–Kier alpha value is -2.43. The fourth-order valence-corrected chi connectivity index (χ4v) is 7.26. The van der Waals surface area contributed by atoms with E-state index in [-0.39, 0.29) is 16.5 Å². The summed E-state index contributed by atoms with van der Waals surface area (Å²) in [5.41, 5.74) is 6.03. The number of hydrogen-bond acceptors (Lipinski definition) is 8. The molecule has 0 saturated carbocycles. The lowest BCUT2D eigenvalue weighted by molar-refractivity contribution is 0.596. The number of sulfone groups is 2. The van der Waals surface area contributed by atoms with Crippen LogP contribution in [-0.2, 0) is 19.7 Å². The van der Waals surface area contributed by atoms with E-state index in [0.29, 0.717) is 11.6 Å². The molecule has 11 heteroatoms. The average molecular weight is 453 g/mol. The standard InChI is InChI=1S/C18H17ClN4O4S2/c19-13-6-8-14(9-7-13)28(24,25)18-16(11-21-23-18)29(26,27)17-15(10-20-22-17)12-4-2-1-3-5-12/h1-9,15-16,20-21H,10-11H2. The van der Waals surface area contributed by atoms with E-state index in [1.54, 1.807) is 0 Å². The highest BCUT2D eigenvalue weighted by Gasteiger charge is 2.47. The van der Waals surface area contributed by atoms with E-state index in [0.717, 1.165) is 5.56 Å². The molecule has 2 heterocycles. The van der Waals surface area contributed by atoms with E-state index in [1.807, 2.05) is 30.3 Å². The highest BCUT2D eigenvalue weighted by molar-refractivity contribution is 8.13. The van der Waals surface area contributed by atoms with Crippen LogP contribution in [0.2, 0.25) is 5.02 Å². The van der Waals surface area contributed by atoms with Crippen LogP contribution in [0.3, 0.4) is 0 Å². The number of nitrogens with zero attached hydrogens (tertiary/aromatic N) is 2. The van der Waals surface area contributed by atoms with Gasteiger partial charge in [0.1, 0.15) is 5.25 Å². The lowest BCUT2D eigenvalue weighted by atomic mass is 10.0. The van der Waals surface area contributed by atoms with E-state index in [9.17, 15) is 16.8 Å². The van der Waals surface area contributed by atoms with E-state index < -0.39 is 35.9 Å². The van der Waals surface area contributed by atoms with Gasteiger partial charge in [-0.05, 0) is 29.8 Å². The van der Waals surface area contributed by atoms with Crippen molar-refractivity contribution in [2.45, 2.75) is 16.1 Å². The minimum absolute atomic E-state index is 0.0735. The second-order valence-electron chi connectivity index (χ2n) is 6.58. The minimum atomic E-state index is -4.13. The predicted molar refractivity (Wildman–Crippen MR) is 111 cm³/mol. The first-order chi connectivity index (χ1) is 13.8. The SMILES string of the molecule is O=S(=O)(C1=NNCC1S(=O)(=O)C1=NNCC1c1ccccc1)c1ccc(Cl)cc1. The van der Waals surface area contributed by atoms with Crippen molar-refractivity contribution in [3.8, 4) is 0 Å². The molecule has 2 unspecified atom stereocenters. The van der Waals surface area contributed by atoms with Gasteiger partial charge in [-0.2, -0.15) is 10.2 Å². The highest BCUT2D eigenvalue weighted by atomic mass is 35.5. The molecule has 0 saturated heterocycles. The topological polar surface area (TPSA) is 117 Å². The smallest absolute Gasteiger partial charge is 0.223 e. The van der Waals surface area contributed by atoms with Gasteiger partial charge in [-0.15, -0.1) is 0 Å². The van der Waals surface area contributed by atoms with Crippen LogP contribution in [0.15, 0.2) is 69.7 Å². The van der Waals surface area contributed by atoms with E-state index in [4.69, 9.17) is 11.6 Å². The molecule has 2 aliphatic heterocycles. The Morgan fingerprint density at radius 3 is 2.14 bits per heavy atom. The number of nitrogens with one attached hydrogen (secondary N) is 2. The third-order valence-corrected chi connectivity index (χ3v) is 9.11. The van der Waals surface area contributed by atoms with Crippen LogP contribution in [-0.4, -0.2) is 45.3 Å². The molecule has 2 aromatic carbocycles. The van der Waals surface area contributed by atoms with Gasteiger partial charge in [0.25, 0.3) is 0 Å². The van der Waals surface area contributed by atoms with Crippen LogP contribution in [0.1, 0.15) is 11.5 Å². The van der Waals surface area contributed by atoms with Crippen molar-refractivity contribution in [3.63, 3.8) is 0 Å². The van der Waals surface area contributed by atoms with Crippen molar-refractivity contribution < 1.29 is 16.8 Å². The summed E-state index contributed by atoms with van der Waals surface area (Å²) in [7, 11) is -8.22. The maximum absolute atomic E-state index is 13.4. The van der Waals surface area contributed by atoms with Crippen molar-refractivity contribution in [3.05, 3.63) is 65.2 Å². The maximum Gasteiger partial charge on any atom is 0.223 e. The molecule has 152 valence electrons. The highest BCUT2D eigenvalue weighted by Crippen LogP contribution is 2.29. The van der Waals surface area contributed by atoms with Crippen molar-refractivity contribution in [2.75, 3.05) is 13.1 Å². The Balaban J connectivity index is 1.70. The Morgan fingerprint density at radius 2 is 1.45 bits per heavy atom. The first kappa shape index (κ1) is 19.9. The fourth-order valence-electron chi connectivity index (χ4n) is 3.31. The predicted octanol–water partition coefficient (Wildman–Crippen LogP) is 1.51. The molecule has 2 aliphatic rings. The van der Waals surface area contributed by atoms with Crippen LogP contribution in [0, 0.1) is 0 Å². The second kappa shape index (κ2) is 7.43. The molecule has 0 aromatic heterocycles. The third-order valence-electron chi connectivity index (χ3n) is 4.79. The third kappa shape index (κ3) is 3.52. The summed E-state index contributed by atoms with van der Waals surface area (Å²) < 4.78 is 52.8. The lowest BCUT2D eigenvalue weighted by Gasteiger charge is -2.17. The average Bonchev–Trinajstić information content (AvgIpc) is 3.40. The number of halogens is 1. The van der Waals surface area contributed by atoms with Crippen molar-refractivity contribution in [1.82, 2.24) is 10.9 Å². The number of hydrazone groups is 2. The number of hydrogen-bond donors (Lipinski definition) is 2. The summed E-state index contributed by atoms with van der Waals surface area (Å²) in [5, 5.41) is 6.28. The zero-order valence-corrected chi connectivity index (χ0v) is 17.4. The van der Waals surface area contributed by atoms with Crippen LogP contribution in [0.25, 0.3) is 0 Å². The minimum Gasteiger partial charge on any atom is -0.308 e. The molecule has 29 heavy (non-hydrogen) atoms. The largest absolute Gasteiger partial charge is 0.308 e. The Bertz CT molecular complexity index is 1190. The molecule has 0 bridgehead atoms. The van der Waals surface area contributed by atoms with Gasteiger partial charge in [0, 0.05) is 11.6 Å². The fraction of sp³-hybridized carbons (Fsp3) is 0.222. The molecular weight excluding hydrogens is 436 g/mol. The zero-order valence-electron chi connectivity index (χ0n) is 15.0. The number of benzene rings is 2. The second-order valence-corrected chi connectivity index (χ2v) is 11.0. The van der Waals surface area contributed by atoms with Crippen molar-refractivity contribution >= 4 is 41.4 Å². The summed E-state index contributed by atoms with van der Waals surface area (Å²) in [4.78, 5) is -0.0735. The van der Waals surface area contributed by atoms with Gasteiger partial charge in [0.15, 0.2) is 10.1 Å². The summed E-state index contributed by atoms with van der Waals surface area (Å²) in [5.74, 6) is -0.499. The normalized spacial score (nSPS) is 21.8. The molecule has 2 atom stereocenters. The first-order valence-electron chi connectivity index (χ1n) is 8.72. The molecule has 0 aliphatic carbocycles.